The van der Waals surface area contributed by atoms with Crippen LogP contribution in [0.4, 0.5) is 0 Å². The molecule has 20 heavy (non-hydrogen) atoms. The van der Waals surface area contributed by atoms with E-state index in [1.54, 1.807) is 25.2 Å². The van der Waals surface area contributed by atoms with E-state index in [-0.39, 0.29) is 23.5 Å². The zero-order chi connectivity index (χ0) is 15.5. The maximum atomic E-state index is 12.6. The smallest absolute Gasteiger partial charge is 0.243 e. The predicted octanol–water partition coefficient (Wildman–Crippen LogP) is 2.41. The van der Waals surface area contributed by atoms with Crippen LogP contribution < -0.4 is 0 Å². The zero-order valence-corrected chi connectivity index (χ0v) is 13.7. The summed E-state index contributed by atoms with van der Waals surface area (Å²) >= 11 is 0. The van der Waals surface area contributed by atoms with Crippen molar-refractivity contribution in [2.45, 2.75) is 51.7 Å². The molecule has 0 saturated heterocycles. The van der Waals surface area contributed by atoms with E-state index in [0.29, 0.717) is 5.56 Å². The monoisotopic (exact) mass is 299 g/mol. The van der Waals surface area contributed by atoms with E-state index in [1.165, 1.54) is 4.31 Å². The Balaban J connectivity index is 3.22. The van der Waals surface area contributed by atoms with Crippen molar-refractivity contribution < 1.29 is 13.5 Å². The largest absolute Gasteiger partial charge is 0.392 e. The predicted molar refractivity (Wildman–Crippen MR) is 81.0 cm³/mol. The second-order valence-corrected chi connectivity index (χ2v) is 7.45. The van der Waals surface area contributed by atoms with Gasteiger partial charge in [-0.2, -0.15) is 4.31 Å². The topological polar surface area (TPSA) is 57.6 Å². The summed E-state index contributed by atoms with van der Waals surface area (Å²) in [4.78, 5) is 0.244. The summed E-state index contributed by atoms with van der Waals surface area (Å²) < 4.78 is 26.6. The first-order valence-electron chi connectivity index (χ1n) is 6.96. The molecule has 0 aromatic heterocycles. The fourth-order valence-electron chi connectivity index (χ4n) is 2.06. The average molecular weight is 299 g/mol. The fraction of sp³-hybridized carbons (Fsp3) is 0.600. The van der Waals surface area contributed by atoms with Gasteiger partial charge in [-0.25, -0.2) is 8.42 Å². The van der Waals surface area contributed by atoms with E-state index < -0.39 is 10.0 Å². The summed E-state index contributed by atoms with van der Waals surface area (Å²) in [6.07, 6.45) is 0.772. The quantitative estimate of drug-likeness (QED) is 0.877. The summed E-state index contributed by atoms with van der Waals surface area (Å²) in [6, 6.07) is 4.91. The lowest BCUT2D eigenvalue weighted by Gasteiger charge is -2.27. The van der Waals surface area contributed by atoms with E-state index in [9.17, 15) is 13.5 Å². The Morgan fingerprint density at radius 2 is 1.80 bits per heavy atom. The minimum absolute atomic E-state index is 0.0802. The summed E-state index contributed by atoms with van der Waals surface area (Å²) in [5.74, 6) is 0.238. The highest BCUT2D eigenvalue weighted by Gasteiger charge is 2.27. The molecule has 0 amide bonds. The van der Waals surface area contributed by atoms with Gasteiger partial charge in [0.05, 0.1) is 11.5 Å². The van der Waals surface area contributed by atoms with Gasteiger partial charge >= 0.3 is 0 Å². The van der Waals surface area contributed by atoms with E-state index in [0.717, 1.165) is 12.0 Å². The second kappa shape index (κ2) is 6.70. The Labute approximate surface area is 122 Å². The Bertz CT molecular complexity index is 552. The molecule has 1 rings (SSSR count). The molecule has 0 aliphatic rings. The molecular weight excluding hydrogens is 274 g/mol. The van der Waals surface area contributed by atoms with Gasteiger partial charge in [-0.1, -0.05) is 26.8 Å². The van der Waals surface area contributed by atoms with Gasteiger partial charge in [0, 0.05) is 13.1 Å². The molecule has 0 radical (unpaired) electrons. The first-order chi connectivity index (χ1) is 9.25. The molecule has 1 N–H and O–H groups in total. The molecule has 4 nitrogen and oxygen atoms in total. The maximum Gasteiger partial charge on any atom is 0.243 e. The van der Waals surface area contributed by atoms with Crippen molar-refractivity contribution in [3.8, 4) is 0 Å². The fourth-order valence-corrected chi connectivity index (χ4v) is 3.60. The number of aryl methyl sites for hydroxylation is 1. The summed E-state index contributed by atoms with van der Waals surface area (Å²) in [5, 5.41) is 9.37. The van der Waals surface area contributed by atoms with E-state index in [2.05, 4.69) is 0 Å². The van der Waals surface area contributed by atoms with Crippen LogP contribution in [0.25, 0.3) is 0 Å². The highest BCUT2D eigenvalue weighted by Crippen LogP contribution is 2.23. The van der Waals surface area contributed by atoms with Crippen LogP contribution in [0.2, 0.25) is 0 Å². The molecule has 114 valence electrons. The van der Waals surface area contributed by atoms with Gasteiger partial charge in [-0.05, 0) is 42.5 Å². The molecule has 0 aliphatic carbocycles. The number of aliphatic hydroxyl groups excluding tert-OH is 1. The Hall–Kier alpha value is -0.910. The van der Waals surface area contributed by atoms with Crippen molar-refractivity contribution in [1.82, 2.24) is 4.31 Å². The van der Waals surface area contributed by atoms with Gasteiger partial charge in [0.2, 0.25) is 10.0 Å². The van der Waals surface area contributed by atoms with E-state index in [4.69, 9.17) is 0 Å². The van der Waals surface area contributed by atoms with E-state index >= 15 is 0 Å². The van der Waals surface area contributed by atoms with Crippen molar-refractivity contribution in [2.24, 2.45) is 5.92 Å². The lowest BCUT2D eigenvalue weighted by atomic mass is 10.1. The van der Waals surface area contributed by atoms with Crippen molar-refractivity contribution in [3.05, 3.63) is 29.3 Å². The number of hydrogen-bond acceptors (Lipinski definition) is 3. The Morgan fingerprint density at radius 3 is 2.25 bits per heavy atom. The van der Waals surface area contributed by atoms with Crippen LogP contribution in [0.5, 0.6) is 0 Å². The van der Waals surface area contributed by atoms with Crippen molar-refractivity contribution in [2.75, 3.05) is 7.05 Å². The average Bonchev–Trinajstić information content (AvgIpc) is 2.44. The molecule has 0 bridgehead atoms. The summed E-state index contributed by atoms with van der Waals surface area (Å²) in [7, 11) is -1.92. The summed E-state index contributed by atoms with van der Waals surface area (Å²) in [6.45, 7) is 7.73. The minimum atomic E-state index is -3.52. The molecule has 1 aromatic rings. The molecule has 1 aromatic carbocycles. The van der Waals surface area contributed by atoms with Crippen LogP contribution in [0.15, 0.2) is 23.1 Å². The van der Waals surface area contributed by atoms with Crippen LogP contribution in [-0.4, -0.2) is 30.9 Å². The first-order valence-corrected chi connectivity index (χ1v) is 8.40. The number of hydrogen-bond donors (Lipinski definition) is 1. The van der Waals surface area contributed by atoms with Crippen molar-refractivity contribution in [3.63, 3.8) is 0 Å². The Morgan fingerprint density at radius 1 is 1.20 bits per heavy atom. The first kappa shape index (κ1) is 17.1. The standard InChI is InChI=1S/C15H25NO3S/c1-6-13-7-8-15(9-14(13)10-17)20(18,19)16(5)12(4)11(2)3/h7-9,11-12,17H,6,10H2,1-5H3. The van der Waals surface area contributed by atoms with Gasteiger partial charge in [-0.3, -0.25) is 0 Å². The molecule has 1 unspecified atom stereocenters. The summed E-state index contributed by atoms with van der Waals surface area (Å²) in [5.41, 5.74) is 1.66. The third-order valence-electron chi connectivity index (χ3n) is 3.94. The van der Waals surface area contributed by atoms with Gasteiger partial charge in [0.25, 0.3) is 0 Å². The zero-order valence-electron chi connectivity index (χ0n) is 12.9. The van der Waals surface area contributed by atoms with Crippen LogP contribution in [0.1, 0.15) is 38.8 Å². The molecule has 0 fully saturated rings. The van der Waals surface area contributed by atoms with Gasteiger partial charge < -0.3 is 5.11 Å². The maximum absolute atomic E-state index is 12.6. The number of benzene rings is 1. The number of aliphatic hydroxyl groups is 1. The van der Waals surface area contributed by atoms with Gasteiger partial charge in [0.15, 0.2) is 0 Å². The minimum Gasteiger partial charge on any atom is -0.392 e. The van der Waals surface area contributed by atoms with Crippen LogP contribution in [0.3, 0.4) is 0 Å². The van der Waals surface area contributed by atoms with Crippen LogP contribution in [0, 0.1) is 5.92 Å². The van der Waals surface area contributed by atoms with E-state index in [1.807, 2.05) is 27.7 Å². The lowest BCUT2D eigenvalue weighted by Crippen LogP contribution is -2.38. The molecule has 0 saturated carbocycles. The molecule has 0 heterocycles. The third kappa shape index (κ3) is 3.40. The number of rotatable bonds is 6. The normalized spacial score (nSPS) is 14.0. The molecule has 1 atom stereocenters. The molecule has 5 heteroatoms. The van der Waals surface area contributed by atoms with Crippen LogP contribution >= 0.6 is 0 Å². The molecule has 0 aliphatic heterocycles. The molecule has 0 spiro atoms. The number of sulfonamides is 1. The third-order valence-corrected chi connectivity index (χ3v) is 5.88. The molecular formula is C15H25NO3S. The van der Waals surface area contributed by atoms with Crippen LogP contribution in [-0.2, 0) is 23.1 Å². The van der Waals surface area contributed by atoms with Crippen molar-refractivity contribution >= 4 is 10.0 Å². The highest BCUT2D eigenvalue weighted by atomic mass is 32.2. The highest BCUT2D eigenvalue weighted by molar-refractivity contribution is 7.89. The van der Waals surface area contributed by atoms with Gasteiger partial charge in [-0.15, -0.1) is 0 Å². The number of nitrogens with zero attached hydrogens (tertiary/aromatic N) is 1. The van der Waals surface area contributed by atoms with Gasteiger partial charge in [0.1, 0.15) is 0 Å². The SMILES string of the molecule is CCc1ccc(S(=O)(=O)N(C)C(C)C(C)C)cc1CO. The second-order valence-electron chi connectivity index (χ2n) is 5.45. The Kier molecular flexibility index (Phi) is 5.74. The lowest BCUT2D eigenvalue weighted by molar-refractivity contribution is 0.280. The van der Waals surface area contributed by atoms with Crippen molar-refractivity contribution in [1.29, 1.82) is 0 Å².